The predicted octanol–water partition coefficient (Wildman–Crippen LogP) is 2.43. The molecule has 0 amide bonds. The second-order valence-corrected chi connectivity index (χ2v) is 5.04. The normalized spacial score (nSPS) is 29.8. The van der Waals surface area contributed by atoms with Crippen molar-refractivity contribution in [1.29, 1.82) is 0 Å². The van der Waals surface area contributed by atoms with E-state index in [1.54, 1.807) is 0 Å². The molecule has 16 heavy (non-hydrogen) atoms. The van der Waals surface area contributed by atoms with Crippen LogP contribution in [0.1, 0.15) is 39.3 Å². The molecule has 3 unspecified atom stereocenters. The van der Waals surface area contributed by atoms with Crippen molar-refractivity contribution in [1.82, 2.24) is 15.1 Å². The van der Waals surface area contributed by atoms with Crippen LogP contribution in [0.5, 0.6) is 0 Å². The molecular weight excluding hydrogens is 198 g/mol. The van der Waals surface area contributed by atoms with E-state index in [1.807, 2.05) is 6.20 Å². The van der Waals surface area contributed by atoms with Gasteiger partial charge < -0.3 is 5.32 Å². The minimum absolute atomic E-state index is 0.690. The van der Waals surface area contributed by atoms with E-state index in [1.165, 1.54) is 18.5 Å². The van der Waals surface area contributed by atoms with Crippen LogP contribution in [-0.4, -0.2) is 15.8 Å². The minimum Gasteiger partial charge on any atom is -0.308 e. The fraction of sp³-hybridized carbons (Fsp3) is 0.769. The second kappa shape index (κ2) is 5.00. The van der Waals surface area contributed by atoms with Gasteiger partial charge in [0.1, 0.15) is 0 Å². The van der Waals surface area contributed by atoms with Crippen molar-refractivity contribution in [2.45, 2.75) is 52.7 Å². The molecular formula is C13H23N3. The van der Waals surface area contributed by atoms with E-state index in [4.69, 9.17) is 0 Å². The Morgan fingerprint density at radius 1 is 1.44 bits per heavy atom. The molecule has 0 radical (unpaired) electrons. The van der Waals surface area contributed by atoms with Crippen LogP contribution in [0.4, 0.5) is 0 Å². The Bertz CT molecular complexity index is 332. The van der Waals surface area contributed by atoms with Crippen LogP contribution in [0.15, 0.2) is 12.3 Å². The molecule has 0 aromatic carbocycles. The molecule has 1 heterocycles. The van der Waals surface area contributed by atoms with Gasteiger partial charge in [0.2, 0.25) is 0 Å². The first-order valence-electron chi connectivity index (χ1n) is 6.46. The lowest BCUT2D eigenvalue weighted by Gasteiger charge is -2.19. The molecule has 1 saturated carbocycles. The van der Waals surface area contributed by atoms with Crippen LogP contribution in [0.25, 0.3) is 0 Å². The van der Waals surface area contributed by atoms with E-state index in [0.717, 1.165) is 24.9 Å². The molecule has 0 saturated heterocycles. The maximum atomic E-state index is 4.29. The maximum Gasteiger partial charge on any atom is 0.0522 e. The van der Waals surface area contributed by atoms with Crippen molar-refractivity contribution >= 4 is 0 Å². The van der Waals surface area contributed by atoms with Gasteiger partial charge in [0.15, 0.2) is 0 Å². The Morgan fingerprint density at radius 2 is 2.25 bits per heavy atom. The molecule has 2 rings (SSSR count). The highest BCUT2D eigenvalue weighted by Gasteiger charge is 2.29. The molecule has 1 aliphatic carbocycles. The summed E-state index contributed by atoms with van der Waals surface area (Å²) in [7, 11) is 0. The summed E-state index contributed by atoms with van der Waals surface area (Å²) in [5.41, 5.74) is 1.30. The van der Waals surface area contributed by atoms with Gasteiger partial charge in [-0.25, -0.2) is 0 Å². The van der Waals surface area contributed by atoms with Gasteiger partial charge in [-0.1, -0.05) is 13.8 Å². The Labute approximate surface area is 98.2 Å². The molecule has 1 aromatic heterocycles. The number of hydrogen-bond acceptors (Lipinski definition) is 2. The summed E-state index contributed by atoms with van der Waals surface area (Å²) in [5, 5.41) is 7.97. The molecule has 1 aromatic rings. The fourth-order valence-electron chi connectivity index (χ4n) is 2.68. The molecule has 1 fully saturated rings. The lowest BCUT2D eigenvalue weighted by atomic mass is 9.98. The van der Waals surface area contributed by atoms with Crippen LogP contribution >= 0.6 is 0 Å². The van der Waals surface area contributed by atoms with Crippen molar-refractivity contribution in [3.63, 3.8) is 0 Å². The molecule has 1 N–H and O–H groups in total. The SMILES string of the molecule is CCn1nccc1CNC1CCC(C)C1C. The number of aromatic nitrogens is 2. The van der Waals surface area contributed by atoms with Gasteiger partial charge in [-0.05, 0) is 37.7 Å². The van der Waals surface area contributed by atoms with Gasteiger partial charge in [-0.15, -0.1) is 0 Å². The highest BCUT2D eigenvalue weighted by Crippen LogP contribution is 2.31. The standard InChI is InChI=1S/C13H23N3/c1-4-16-12(7-8-15-16)9-14-13-6-5-10(2)11(13)3/h7-8,10-11,13-14H,4-6,9H2,1-3H3. The molecule has 0 aliphatic heterocycles. The van der Waals surface area contributed by atoms with Gasteiger partial charge in [-0.2, -0.15) is 5.10 Å². The largest absolute Gasteiger partial charge is 0.308 e. The van der Waals surface area contributed by atoms with Gasteiger partial charge in [0.05, 0.1) is 5.69 Å². The Kier molecular flexibility index (Phi) is 3.64. The van der Waals surface area contributed by atoms with Crippen LogP contribution < -0.4 is 5.32 Å². The van der Waals surface area contributed by atoms with Crippen LogP contribution in [0, 0.1) is 11.8 Å². The monoisotopic (exact) mass is 221 g/mol. The van der Waals surface area contributed by atoms with E-state index in [2.05, 4.69) is 41.9 Å². The Morgan fingerprint density at radius 3 is 2.88 bits per heavy atom. The number of hydrogen-bond donors (Lipinski definition) is 1. The number of nitrogens with zero attached hydrogens (tertiary/aromatic N) is 2. The highest BCUT2D eigenvalue weighted by atomic mass is 15.3. The second-order valence-electron chi connectivity index (χ2n) is 5.04. The van der Waals surface area contributed by atoms with Crippen molar-refractivity contribution in [2.24, 2.45) is 11.8 Å². The first-order valence-corrected chi connectivity index (χ1v) is 6.46. The molecule has 0 bridgehead atoms. The zero-order valence-electron chi connectivity index (χ0n) is 10.6. The first kappa shape index (κ1) is 11.6. The van der Waals surface area contributed by atoms with Crippen LogP contribution in [0.2, 0.25) is 0 Å². The number of aryl methyl sites for hydroxylation is 1. The summed E-state index contributed by atoms with van der Waals surface area (Å²) >= 11 is 0. The van der Waals surface area contributed by atoms with Crippen LogP contribution in [-0.2, 0) is 13.1 Å². The van der Waals surface area contributed by atoms with Gasteiger partial charge in [0, 0.05) is 25.3 Å². The van der Waals surface area contributed by atoms with E-state index in [9.17, 15) is 0 Å². The maximum absolute atomic E-state index is 4.29. The third-order valence-corrected chi connectivity index (χ3v) is 4.11. The van der Waals surface area contributed by atoms with Crippen molar-refractivity contribution in [3.05, 3.63) is 18.0 Å². The van der Waals surface area contributed by atoms with Gasteiger partial charge in [-0.3, -0.25) is 4.68 Å². The summed E-state index contributed by atoms with van der Waals surface area (Å²) in [6.07, 6.45) is 4.58. The summed E-state index contributed by atoms with van der Waals surface area (Å²) in [6.45, 7) is 8.78. The highest BCUT2D eigenvalue weighted by molar-refractivity contribution is 5.01. The zero-order chi connectivity index (χ0) is 11.5. The smallest absolute Gasteiger partial charge is 0.0522 e. The average molecular weight is 221 g/mol. The van der Waals surface area contributed by atoms with Crippen LogP contribution in [0.3, 0.4) is 0 Å². The zero-order valence-corrected chi connectivity index (χ0v) is 10.6. The van der Waals surface area contributed by atoms with Crippen molar-refractivity contribution < 1.29 is 0 Å². The Balaban J connectivity index is 1.88. The lowest BCUT2D eigenvalue weighted by molar-refractivity contribution is 0.365. The first-order chi connectivity index (χ1) is 7.72. The van der Waals surface area contributed by atoms with E-state index in [0.29, 0.717) is 6.04 Å². The third-order valence-electron chi connectivity index (χ3n) is 4.11. The average Bonchev–Trinajstić information content (AvgIpc) is 2.86. The van der Waals surface area contributed by atoms with E-state index in [-0.39, 0.29) is 0 Å². The number of nitrogens with one attached hydrogen (secondary N) is 1. The molecule has 3 atom stereocenters. The summed E-state index contributed by atoms with van der Waals surface area (Å²) in [4.78, 5) is 0. The van der Waals surface area contributed by atoms with Gasteiger partial charge in [0.25, 0.3) is 0 Å². The Hall–Kier alpha value is -0.830. The fourth-order valence-corrected chi connectivity index (χ4v) is 2.68. The van der Waals surface area contributed by atoms with Crippen molar-refractivity contribution in [3.8, 4) is 0 Å². The summed E-state index contributed by atoms with van der Waals surface area (Å²) in [5.74, 6) is 1.67. The topological polar surface area (TPSA) is 29.9 Å². The summed E-state index contributed by atoms with van der Waals surface area (Å²) in [6, 6.07) is 2.80. The quantitative estimate of drug-likeness (QED) is 0.846. The number of rotatable bonds is 4. The molecule has 0 spiro atoms. The van der Waals surface area contributed by atoms with E-state index < -0.39 is 0 Å². The van der Waals surface area contributed by atoms with Crippen molar-refractivity contribution in [2.75, 3.05) is 0 Å². The summed E-state index contributed by atoms with van der Waals surface area (Å²) < 4.78 is 2.07. The third kappa shape index (κ3) is 2.29. The minimum atomic E-state index is 0.690. The molecule has 3 heteroatoms. The molecule has 90 valence electrons. The molecule has 1 aliphatic rings. The van der Waals surface area contributed by atoms with E-state index >= 15 is 0 Å². The predicted molar refractivity (Wildman–Crippen MR) is 66.1 cm³/mol. The van der Waals surface area contributed by atoms with Gasteiger partial charge >= 0.3 is 0 Å². The lowest BCUT2D eigenvalue weighted by Crippen LogP contribution is -2.32. The molecule has 3 nitrogen and oxygen atoms in total.